The van der Waals surface area contributed by atoms with Crippen molar-refractivity contribution in [3.63, 3.8) is 0 Å². The number of H-pyrrole nitrogens is 1. The molecule has 19 heavy (non-hydrogen) atoms. The van der Waals surface area contributed by atoms with E-state index in [2.05, 4.69) is 9.97 Å². The first-order valence-corrected chi connectivity index (χ1v) is 6.27. The Bertz CT molecular complexity index is 763. The molecule has 0 unspecified atom stereocenters. The van der Waals surface area contributed by atoms with Crippen LogP contribution in [0.4, 0.5) is 5.82 Å². The van der Waals surface area contributed by atoms with Gasteiger partial charge in [-0.3, -0.25) is 0 Å². The summed E-state index contributed by atoms with van der Waals surface area (Å²) in [5.74, 6) is 0.731. The molecule has 0 aliphatic rings. The van der Waals surface area contributed by atoms with Gasteiger partial charge in [-0.25, -0.2) is 9.97 Å². The van der Waals surface area contributed by atoms with Crippen LogP contribution in [0.1, 0.15) is 0 Å². The van der Waals surface area contributed by atoms with Crippen LogP contribution in [0.15, 0.2) is 30.5 Å². The quantitative estimate of drug-likeness (QED) is 0.588. The Morgan fingerprint density at radius 1 is 1.42 bits per heavy atom. The maximum absolute atomic E-state index is 10.6. The summed E-state index contributed by atoms with van der Waals surface area (Å²) < 4.78 is 6.14. The fourth-order valence-corrected chi connectivity index (χ4v) is 2.75. The van der Waals surface area contributed by atoms with Gasteiger partial charge >= 0.3 is 5.82 Å². The Morgan fingerprint density at radius 2 is 2.26 bits per heavy atom. The highest BCUT2D eigenvalue weighted by Crippen LogP contribution is 2.33. The van der Waals surface area contributed by atoms with Gasteiger partial charge in [-0.2, -0.15) is 0 Å². The highest BCUT2D eigenvalue weighted by Gasteiger charge is 2.13. The standard InChI is InChI=1S/C12H9N3O3S/c1-18-8-2-3-9-10(5-8)19-12(14-9)7-4-11(13-6-7)15(16)17/h2-6,13H,1H3. The molecule has 1 aromatic carbocycles. The Balaban J connectivity index is 2.06. The number of nitro groups is 1. The van der Waals surface area contributed by atoms with Gasteiger partial charge in [0.15, 0.2) is 0 Å². The summed E-state index contributed by atoms with van der Waals surface area (Å²) in [6.45, 7) is 0. The molecule has 7 heteroatoms. The summed E-state index contributed by atoms with van der Waals surface area (Å²) in [5.41, 5.74) is 1.57. The summed E-state index contributed by atoms with van der Waals surface area (Å²) in [6, 6.07) is 7.09. The molecular weight excluding hydrogens is 266 g/mol. The van der Waals surface area contributed by atoms with E-state index in [1.54, 1.807) is 13.3 Å². The molecule has 1 N–H and O–H groups in total. The summed E-state index contributed by atoms with van der Waals surface area (Å²) in [5, 5.41) is 11.4. The van der Waals surface area contributed by atoms with Crippen molar-refractivity contribution in [2.45, 2.75) is 0 Å². The molecule has 2 heterocycles. The molecule has 0 spiro atoms. The summed E-state index contributed by atoms with van der Waals surface area (Å²) in [6.07, 6.45) is 1.59. The average molecular weight is 275 g/mol. The fraction of sp³-hybridized carbons (Fsp3) is 0.0833. The van der Waals surface area contributed by atoms with Crippen LogP contribution >= 0.6 is 11.3 Å². The molecule has 2 aromatic heterocycles. The zero-order valence-electron chi connectivity index (χ0n) is 9.91. The second kappa shape index (κ2) is 4.36. The van der Waals surface area contributed by atoms with Crippen LogP contribution in [0.25, 0.3) is 20.8 Å². The van der Waals surface area contributed by atoms with Gasteiger partial charge < -0.3 is 14.9 Å². The molecule has 0 atom stereocenters. The predicted octanol–water partition coefficient (Wildman–Crippen LogP) is 3.21. The van der Waals surface area contributed by atoms with Crippen molar-refractivity contribution >= 4 is 27.4 Å². The molecule has 0 bridgehead atoms. The summed E-state index contributed by atoms with van der Waals surface area (Å²) in [7, 11) is 1.61. The molecule has 3 rings (SSSR count). The number of fused-ring (bicyclic) bond motifs is 1. The van der Waals surface area contributed by atoms with E-state index in [4.69, 9.17) is 4.74 Å². The van der Waals surface area contributed by atoms with Gasteiger partial charge in [-0.1, -0.05) is 0 Å². The Kier molecular flexibility index (Phi) is 2.68. The lowest BCUT2D eigenvalue weighted by Crippen LogP contribution is -1.85. The van der Waals surface area contributed by atoms with Crippen LogP contribution in [0.2, 0.25) is 0 Å². The number of benzene rings is 1. The second-order valence-corrected chi connectivity index (χ2v) is 4.91. The summed E-state index contributed by atoms with van der Waals surface area (Å²) in [4.78, 5) is 17.2. The number of nitrogens with zero attached hydrogens (tertiary/aromatic N) is 2. The maximum Gasteiger partial charge on any atom is 0.321 e. The van der Waals surface area contributed by atoms with Gasteiger partial charge in [0.05, 0.1) is 29.1 Å². The highest BCUT2D eigenvalue weighted by molar-refractivity contribution is 7.21. The zero-order chi connectivity index (χ0) is 13.4. The highest BCUT2D eigenvalue weighted by atomic mass is 32.1. The van der Waals surface area contributed by atoms with E-state index in [-0.39, 0.29) is 5.82 Å². The number of hydrogen-bond acceptors (Lipinski definition) is 5. The monoisotopic (exact) mass is 275 g/mol. The average Bonchev–Trinajstić information content (AvgIpc) is 3.04. The lowest BCUT2D eigenvalue weighted by molar-refractivity contribution is -0.389. The third-order valence-corrected chi connectivity index (χ3v) is 3.77. The minimum atomic E-state index is -0.458. The molecule has 0 saturated carbocycles. The number of rotatable bonds is 3. The normalized spacial score (nSPS) is 10.8. The van der Waals surface area contributed by atoms with Crippen LogP contribution in [-0.2, 0) is 0 Å². The van der Waals surface area contributed by atoms with Crippen LogP contribution in [-0.4, -0.2) is 22.0 Å². The van der Waals surface area contributed by atoms with E-state index in [1.807, 2.05) is 18.2 Å². The number of methoxy groups -OCH3 is 1. The third kappa shape index (κ3) is 2.04. The molecule has 0 radical (unpaired) electrons. The Hall–Kier alpha value is -2.41. The van der Waals surface area contributed by atoms with Crippen molar-refractivity contribution in [3.8, 4) is 16.3 Å². The van der Waals surface area contributed by atoms with E-state index in [0.717, 1.165) is 21.0 Å². The van der Waals surface area contributed by atoms with Gasteiger partial charge in [0.2, 0.25) is 0 Å². The molecule has 96 valence electrons. The third-order valence-electron chi connectivity index (χ3n) is 2.71. The molecule has 6 nitrogen and oxygen atoms in total. The SMILES string of the molecule is COc1ccc2nc(-c3c[nH]c([N+](=O)[O-])c3)sc2c1. The minimum Gasteiger partial charge on any atom is -0.497 e. The lowest BCUT2D eigenvalue weighted by Gasteiger charge is -1.96. The number of ether oxygens (including phenoxy) is 1. The van der Waals surface area contributed by atoms with Crippen molar-refractivity contribution in [2.75, 3.05) is 7.11 Å². The van der Waals surface area contributed by atoms with E-state index in [0.29, 0.717) is 5.56 Å². The van der Waals surface area contributed by atoms with E-state index < -0.39 is 4.92 Å². The molecule has 0 aliphatic heterocycles. The Morgan fingerprint density at radius 3 is 2.95 bits per heavy atom. The molecule has 0 fully saturated rings. The van der Waals surface area contributed by atoms with Crippen molar-refractivity contribution in [1.82, 2.24) is 9.97 Å². The first kappa shape index (κ1) is 11.7. The van der Waals surface area contributed by atoms with Gasteiger partial charge in [0, 0.05) is 6.07 Å². The van der Waals surface area contributed by atoms with Crippen molar-refractivity contribution in [3.05, 3.63) is 40.6 Å². The molecule has 0 aliphatic carbocycles. The number of aromatic amines is 1. The minimum absolute atomic E-state index is 0.0353. The number of hydrogen-bond donors (Lipinski definition) is 1. The molecule has 0 amide bonds. The van der Waals surface area contributed by atoms with Gasteiger partial charge in [0.25, 0.3) is 0 Å². The van der Waals surface area contributed by atoms with E-state index >= 15 is 0 Å². The first-order valence-electron chi connectivity index (χ1n) is 5.45. The van der Waals surface area contributed by atoms with Gasteiger partial charge in [-0.15, -0.1) is 11.3 Å². The van der Waals surface area contributed by atoms with Crippen LogP contribution in [0.5, 0.6) is 5.75 Å². The number of thiazole rings is 1. The Labute approximate surface area is 111 Å². The van der Waals surface area contributed by atoms with Crippen molar-refractivity contribution < 1.29 is 9.66 Å². The predicted molar refractivity (Wildman–Crippen MR) is 72.6 cm³/mol. The lowest BCUT2D eigenvalue weighted by atomic mass is 10.3. The van der Waals surface area contributed by atoms with E-state index in [1.165, 1.54) is 17.4 Å². The largest absolute Gasteiger partial charge is 0.497 e. The van der Waals surface area contributed by atoms with Crippen LogP contribution in [0.3, 0.4) is 0 Å². The number of aromatic nitrogens is 2. The van der Waals surface area contributed by atoms with Gasteiger partial charge in [0.1, 0.15) is 10.8 Å². The van der Waals surface area contributed by atoms with Crippen molar-refractivity contribution in [1.29, 1.82) is 0 Å². The molecule has 3 aromatic rings. The smallest absolute Gasteiger partial charge is 0.321 e. The van der Waals surface area contributed by atoms with Gasteiger partial charge in [-0.05, 0) is 23.1 Å². The molecular formula is C12H9N3O3S. The fourth-order valence-electron chi connectivity index (χ4n) is 1.77. The molecule has 0 saturated heterocycles. The summed E-state index contributed by atoms with van der Waals surface area (Å²) >= 11 is 1.47. The zero-order valence-corrected chi connectivity index (χ0v) is 10.7. The number of nitrogens with one attached hydrogen (secondary N) is 1. The first-order chi connectivity index (χ1) is 9.17. The van der Waals surface area contributed by atoms with Crippen LogP contribution in [0, 0.1) is 10.1 Å². The topological polar surface area (TPSA) is 81.0 Å². The maximum atomic E-state index is 10.6. The van der Waals surface area contributed by atoms with E-state index in [9.17, 15) is 10.1 Å². The van der Waals surface area contributed by atoms with Crippen molar-refractivity contribution in [2.24, 2.45) is 0 Å². The second-order valence-electron chi connectivity index (χ2n) is 3.88. The van der Waals surface area contributed by atoms with Crippen LogP contribution < -0.4 is 4.74 Å².